The molecule has 0 aliphatic heterocycles. The number of hydrogen-bond acceptors (Lipinski definition) is 0. The van der Waals surface area contributed by atoms with E-state index in [9.17, 15) is 0 Å². The third-order valence-electron chi connectivity index (χ3n) is 0. The molecule has 0 aromatic heterocycles. The van der Waals surface area contributed by atoms with Crippen LogP contribution in [0.1, 0.15) is 1.43 Å². The van der Waals surface area contributed by atoms with E-state index >= 15 is 0 Å². The molecule has 0 saturated heterocycles. The summed E-state index contributed by atoms with van der Waals surface area (Å²) in [5.74, 6) is 0. The van der Waals surface area contributed by atoms with Gasteiger partial charge in [0.15, 0.2) is 0 Å². The molecule has 0 amide bonds. The maximum Gasteiger partial charge on any atom is 1.00 e. The Hall–Kier alpha value is 1.44. The summed E-state index contributed by atoms with van der Waals surface area (Å²) in [5.41, 5.74) is 0. The summed E-state index contributed by atoms with van der Waals surface area (Å²) < 4.78 is 0. The van der Waals surface area contributed by atoms with Gasteiger partial charge in [-0.25, -0.2) is 0 Å². The monoisotopic (exact) mass is 68.0 g/mol. The first-order valence-corrected chi connectivity index (χ1v) is 0. The summed E-state index contributed by atoms with van der Waals surface area (Å²) in [5, 5.41) is 0. The van der Waals surface area contributed by atoms with Crippen LogP contribution >= 0.6 is 0 Å². The van der Waals surface area contributed by atoms with Crippen LogP contribution in [0.25, 0.3) is 0 Å². The van der Waals surface area contributed by atoms with Gasteiger partial charge in [0.25, 0.3) is 0 Å². The van der Waals surface area contributed by atoms with Crippen molar-refractivity contribution in [1.82, 2.24) is 0 Å². The Balaban J connectivity index is 0. The van der Waals surface area contributed by atoms with Gasteiger partial charge in [-0.1, -0.05) is 0 Å². The number of halogens is 1. The van der Waals surface area contributed by atoms with Crippen molar-refractivity contribution in [2.45, 2.75) is 0 Å². The van der Waals surface area contributed by atoms with Crippen molar-refractivity contribution < 1.29 is 57.0 Å². The van der Waals surface area contributed by atoms with Crippen molar-refractivity contribution >= 4 is 0 Å². The molecule has 4 heavy (non-hydrogen) atoms. The molecule has 0 aromatic rings. The van der Waals surface area contributed by atoms with E-state index < -0.39 is 0 Å². The molecule has 0 heterocycles. The Bertz CT molecular complexity index is 9.61. The molecule has 0 aliphatic rings. The van der Waals surface area contributed by atoms with E-state index in [0.29, 0.717) is 0 Å². The second-order valence-corrected chi connectivity index (χ2v) is 0. The van der Waals surface area contributed by atoms with E-state index in [2.05, 4.69) is 0 Å². The van der Waals surface area contributed by atoms with Crippen LogP contribution < -0.4 is 50.1 Å². The van der Waals surface area contributed by atoms with Gasteiger partial charge in [0.2, 0.25) is 0 Å². The minimum absolute atomic E-state index is 0. The molecule has 0 spiro atoms. The first-order valence-electron chi connectivity index (χ1n) is 0. The SMILES string of the molecule is O.[Cl-].[H-].[Li+].[Li+]. The Labute approximate surface area is 57.1 Å². The van der Waals surface area contributed by atoms with Gasteiger partial charge >= 0.3 is 37.7 Å². The van der Waals surface area contributed by atoms with Gasteiger partial charge in [-0.3, -0.25) is 0 Å². The summed E-state index contributed by atoms with van der Waals surface area (Å²) in [6.07, 6.45) is 0. The Morgan fingerprint density at radius 2 is 1.00 bits per heavy atom. The van der Waals surface area contributed by atoms with Gasteiger partial charge in [-0.05, 0) is 0 Å². The average Bonchev–Trinajstić information content (AvgIpc) is 0. The smallest absolute Gasteiger partial charge is 1.00 e. The van der Waals surface area contributed by atoms with Crippen LogP contribution in [0.5, 0.6) is 0 Å². The van der Waals surface area contributed by atoms with Crippen molar-refractivity contribution in [2.75, 3.05) is 0 Å². The van der Waals surface area contributed by atoms with Gasteiger partial charge < -0.3 is 19.3 Å². The molecule has 0 fully saturated rings. The Morgan fingerprint density at radius 1 is 1.00 bits per heavy atom. The van der Waals surface area contributed by atoms with E-state index in [0.717, 1.165) is 0 Å². The zero-order valence-electron chi connectivity index (χ0n) is 3.88. The first-order chi connectivity index (χ1) is 0. The predicted octanol–water partition coefficient (Wildman–Crippen LogP) is -9.70. The van der Waals surface area contributed by atoms with Crippen LogP contribution in [0.2, 0.25) is 0 Å². The summed E-state index contributed by atoms with van der Waals surface area (Å²) in [6, 6.07) is 0. The molecule has 0 bridgehead atoms. The summed E-state index contributed by atoms with van der Waals surface area (Å²) in [4.78, 5) is 0. The first kappa shape index (κ1) is 51.5. The van der Waals surface area contributed by atoms with E-state index in [1.54, 1.807) is 0 Å². The molecule has 18 valence electrons. The zero-order chi connectivity index (χ0) is 0. The molecule has 0 atom stereocenters. The largest absolute Gasteiger partial charge is 1.00 e. The average molecular weight is 68.4 g/mol. The predicted molar refractivity (Wildman–Crippen MR) is 4.73 cm³/mol. The molecule has 2 N–H and O–H groups in total. The quantitative estimate of drug-likeness (QED) is 0.253. The molecule has 0 rings (SSSR count). The second-order valence-electron chi connectivity index (χ2n) is 0. The molecule has 0 aromatic carbocycles. The number of rotatable bonds is 0. The van der Waals surface area contributed by atoms with Gasteiger partial charge in [-0.2, -0.15) is 0 Å². The fourth-order valence-electron chi connectivity index (χ4n) is 0. The van der Waals surface area contributed by atoms with Crippen LogP contribution in [-0.2, 0) is 0 Å². The molecule has 0 aliphatic carbocycles. The Kier molecular flexibility index (Phi) is 326. The van der Waals surface area contributed by atoms with Crippen molar-refractivity contribution in [2.24, 2.45) is 0 Å². The van der Waals surface area contributed by atoms with Crippen molar-refractivity contribution in [3.63, 3.8) is 0 Å². The molecule has 1 nitrogen and oxygen atoms in total. The molecular weight excluding hydrogens is 65.3 g/mol. The topological polar surface area (TPSA) is 31.5 Å². The van der Waals surface area contributed by atoms with Crippen LogP contribution in [-0.4, -0.2) is 5.48 Å². The van der Waals surface area contributed by atoms with Crippen LogP contribution in [0.4, 0.5) is 0 Å². The van der Waals surface area contributed by atoms with Crippen LogP contribution in [0, 0.1) is 0 Å². The van der Waals surface area contributed by atoms with E-state index in [1.165, 1.54) is 0 Å². The van der Waals surface area contributed by atoms with Gasteiger partial charge in [0.1, 0.15) is 0 Å². The van der Waals surface area contributed by atoms with Crippen molar-refractivity contribution in [3.05, 3.63) is 0 Å². The van der Waals surface area contributed by atoms with Crippen molar-refractivity contribution in [1.29, 1.82) is 0 Å². The Morgan fingerprint density at radius 3 is 1.00 bits per heavy atom. The summed E-state index contributed by atoms with van der Waals surface area (Å²) in [6.45, 7) is 0. The maximum absolute atomic E-state index is 0. The molecule has 0 radical (unpaired) electrons. The minimum atomic E-state index is 0. The standard InChI is InChI=1S/ClH.2Li.H2O.H/h1H;;;1H2;/q;2*+1;;-1/p-1. The molecular formula is H3ClLi2O. The van der Waals surface area contributed by atoms with E-state index in [-0.39, 0.29) is 57.0 Å². The van der Waals surface area contributed by atoms with Crippen LogP contribution in [0.15, 0.2) is 0 Å². The third kappa shape index (κ3) is 9.86. The fourth-order valence-corrected chi connectivity index (χ4v) is 0. The van der Waals surface area contributed by atoms with Gasteiger partial charge in [0, 0.05) is 0 Å². The second kappa shape index (κ2) is 25.3. The molecule has 0 saturated carbocycles. The summed E-state index contributed by atoms with van der Waals surface area (Å²) >= 11 is 0. The van der Waals surface area contributed by atoms with Gasteiger partial charge in [-0.15, -0.1) is 0 Å². The maximum atomic E-state index is 0. The molecule has 0 unspecified atom stereocenters. The van der Waals surface area contributed by atoms with E-state index in [4.69, 9.17) is 0 Å². The summed E-state index contributed by atoms with van der Waals surface area (Å²) in [7, 11) is 0. The fraction of sp³-hybridized carbons (Fsp3) is 0. The van der Waals surface area contributed by atoms with Crippen molar-refractivity contribution in [3.8, 4) is 0 Å². The van der Waals surface area contributed by atoms with Crippen LogP contribution in [0.3, 0.4) is 0 Å². The minimum Gasteiger partial charge on any atom is -1.00 e. The van der Waals surface area contributed by atoms with E-state index in [1.807, 2.05) is 0 Å². The molecule has 4 heteroatoms. The zero-order valence-corrected chi connectivity index (χ0v) is 3.63. The third-order valence-corrected chi connectivity index (χ3v) is 0. The van der Waals surface area contributed by atoms with Gasteiger partial charge in [0.05, 0.1) is 0 Å². The number of hydrogen-bond donors (Lipinski definition) is 0. The normalized spacial score (nSPS) is 0.